The summed E-state index contributed by atoms with van der Waals surface area (Å²) in [5, 5.41) is 10.8. The quantitative estimate of drug-likeness (QED) is 0.871. The molecular formula is C16H22N2S. The van der Waals surface area contributed by atoms with Crippen LogP contribution in [0.5, 0.6) is 0 Å². The highest BCUT2D eigenvalue weighted by Crippen LogP contribution is 2.25. The Labute approximate surface area is 119 Å². The van der Waals surface area contributed by atoms with Gasteiger partial charge in [0.05, 0.1) is 0 Å². The number of nitrogens with one attached hydrogen (secondary N) is 2. The molecule has 0 bridgehead atoms. The average Bonchev–Trinajstić information content (AvgIpc) is 2.87. The van der Waals surface area contributed by atoms with Crippen LogP contribution in [0.4, 0.5) is 5.69 Å². The molecule has 0 spiro atoms. The molecule has 2 N–H and O–H groups in total. The van der Waals surface area contributed by atoms with Crippen molar-refractivity contribution in [3.8, 4) is 0 Å². The molecule has 0 radical (unpaired) electrons. The van der Waals surface area contributed by atoms with E-state index in [2.05, 4.69) is 47.2 Å². The fourth-order valence-corrected chi connectivity index (χ4v) is 3.72. The summed E-state index contributed by atoms with van der Waals surface area (Å²) in [4.78, 5) is 0. The summed E-state index contributed by atoms with van der Waals surface area (Å²) in [6, 6.07) is 10.1. The molecule has 0 aliphatic carbocycles. The van der Waals surface area contributed by atoms with Crippen molar-refractivity contribution >= 4 is 27.1 Å². The lowest BCUT2D eigenvalue weighted by Crippen LogP contribution is -2.37. The lowest BCUT2D eigenvalue weighted by atomic mass is 9.98. The maximum absolute atomic E-state index is 3.64. The lowest BCUT2D eigenvalue weighted by molar-refractivity contribution is 0.371. The number of fused-ring (bicyclic) bond motifs is 1. The van der Waals surface area contributed by atoms with Crippen molar-refractivity contribution in [2.75, 3.05) is 11.9 Å². The Bertz CT molecular complexity index is 528. The summed E-state index contributed by atoms with van der Waals surface area (Å²) in [7, 11) is 0. The van der Waals surface area contributed by atoms with Gasteiger partial charge in [0.2, 0.25) is 0 Å². The Hall–Kier alpha value is -1.06. The summed E-state index contributed by atoms with van der Waals surface area (Å²) in [5.41, 5.74) is 1.24. The van der Waals surface area contributed by atoms with E-state index in [4.69, 9.17) is 0 Å². The van der Waals surface area contributed by atoms with E-state index in [9.17, 15) is 0 Å². The fourth-order valence-electron chi connectivity index (χ4n) is 2.95. The third-order valence-corrected chi connectivity index (χ3v) is 4.81. The third kappa shape index (κ3) is 3.28. The molecule has 19 heavy (non-hydrogen) atoms. The Morgan fingerprint density at radius 2 is 2.32 bits per heavy atom. The van der Waals surface area contributed by atoms with Crippen LogP contribution in [0.25, 0.3) is 10.1 Å². The smallest absolute Gasteiger partial charge is 0.0349 e. The highest BCUT2D eigenvalue weighted by Gasteiger charge is 2.15. The molecule has 2 heterocycles. The Kier molecular flexibility index (Phi) is 4.04. The minimum absolute atomic E-state index is 0.520. The molecule has 2 aromatic rings. The zero-order valence-corrected chi connectivity index (χ0v) is 12.3. The Balaban J connectivity index is 1.59. The van der Waals surface area contributed by atoms with Crippen LogP contribution < -0.4 is 10.6 Å². The summed E-state index contributed by atoms with van der Waals surface area (Å²) >= 11 is 1.81. The van der Waals surface area contributed by atoms with Crippen molar-refractivity contribution in [3.05, 3.63) is 29.6 Å². The number of hydrogen-bond donors (Lipinski definition) is 2. The summed E-state index contributed by atoms with van der Waals surface area (Å²) in [5.74, 6) is 0. The molecule has 1 aromatic carbocycles. The van der Waals surface area contributed by atoms with Gasteiger partial charge >= 0.3 is 0 Å². The molecule has 102 valence electrons. The SMILES string of the molecule is CC(CC1CCCCN1)Nc1ccc2sccc2c1. The van der Waals surface area contributed by atoms with Gasteiger partial charge in [-0.25, -0.2) is 0 Å². The van der Waals surface area contributed by atoms with Gasteiger partial charge in [-0.05, 0) is 67.8 Å². The molecule has 1 aliphatic rings. The molecule has 3 rings (SSSR count). The monoisotopic (exact) mass is 274 g/mol. The zero-order valence-electron chi connectivity index (χ0n) is 11.5. The molecule has 2 unspecified atom stereocenters. The van der Waals surface area contributed by atoms with Gasteiger partial charge in [-0.3, -0.25) is 0 Å². The van der Waals surface area contributed by atoms with Gasteiger partial charge in [-0.1, -0.05) is 6.42 Å². The maximum atomic E-state index is 3.64. The zero-order chi connectivity index (χ0) is 13.1. The number of anilines is 1. The van der Waals surface area contributed by atoms with Crippen LogP contribution in [0.1, 0.15) is 32.6 Å². The second-order valence-electron chi connectivity index (χ2n) is 5.60. The minimum Gasteiger partial charge on any atom is -0.383 e. The maximum Gasteiger partial charge on any atom is 0.0349 e. The summed E-state index contributed by atoms with van der Waals surface area (Å²) in [6.45, 7) is 3.48. The van der Waals surface area contributed by atoms with E-state index in [-0.39, 0.29) is 0 Å². The molecule has 0 amide bonds. The van der Waals surface area contributed by atoms with E-state index < -0.39 is 0 Å². The van der Waals surface area contributed by atoms with Crippen LogP contribution in [-0.4, -0.2) is 18.6 Å². The normalized spacial score (nSPS) is 21.4. The van der Waals surface area contributed by atoms with Crippen molar-refractivity contribution in [2.24, 2.45) is 0 Å². The first-order valence-corrected chi connectivity index (χ1v) is 8.16. The van der Waals surface area contributed by atoms with E-state index in [1.54, 1.807) is 11.3 Å². The first-order chi connectivity index (χ1) is 9.31. The highest BCUT2D eigenvalue weighted by molar-refractivity contribution is 7.17. The van der Waals surface area contributed by atoms with Gasteiger partial charge in [0.1, 0.15) is 0 Å². The fraction of sp³-hybridized carbons (Fsp3) is 0.500. The van der Waals surface area contributed by atoms with E-state index in [1.807, 2.05) is 0 Å². The molecule has 2 nitrogen and oxygen atoms in total. The largest absolute Gasteiger partial charge is 0.383 e. The lowest BCUT2D eigenvalue weighted by Gasteiger charge is -2.27. The molecule has 3 heteroatoms. The molecule has 0 saturated carbocycles. The number of hydrogen-bond acceptors (Lipinski definition) is 3. The molecule has 1 fully saturated rings. The average molecular weight is 274 g/mol. The van der Waals surface area contributed by atoms with E-state index >= 15 is 0 Å². The molecular weight excluding hydrogens is 252 g/mol. The van der Waals surface area contributed by atoms with Crippen LogP contribution in [0.15, 0.2) is 29.6 Å². The standard InChI is InChI=1S/C16H22N2S/c1-12(10-14-4-2-3-8-17-14)18-15-5-6-16-13(11-15)7-9-19-16/h5-7,9,11-12,14,17-18H,2-4,8,10H2,1H3. The van der Waals surface area contributed by atoms with Crippen LogP contribution in [0.2, 0.25) is 0 Å². The molecule has 1 saturated heterocycles. The Morgan fingerprint density at radius 1 is 1.37 bits per heavy atom. The van der Waals surface area contributed by atoms with Gasteiger partial charge < -0.3 is 10.6 Å². The number of piperidine rings is 1. The summed E-state index contributed by atoms with van der Waals surface area (Å²) < 4.78 is 1.37. The van der Waals surface area contributed by atoms with E-state index in [0.717, 1.165) is 0 Å². The molecule has 2 atom stereocenters. The number of rotatable bonds is 4. The topological polar surface area (TPSA) is 24.1 Å². The predicted octanol–water partition coefficient (Wildman–Crippen LogP) is 4.23. The Morgan fingerprint density at radius 3 is 3.16 bits per heavy atom. The van der Waals surface area contributed by atoms with E-state index in [1.165, 1.54) is 48.0 Å². The van der Waals surface area contributed by atoms with E-state index in [0.29, 0.717) is 12.1 Å². The van der Waals surface area contributed by atoms with Gasteiger partial charge in [0.25, 0.3) is 0 Å². The van der Waals surface area contributed by atoms with Crippen LogP contribution >= 0.6 is 11.3 Å². The van der Waals surface area contributed by atoms with Crippen molar-refractivity contribution in [2.45, 2.75) is 44.7 Å². The third-order valence-electron chi connectivity index (χ3n) is 3.92. The highest BCUT2D eigenvalue weighted by atomic mass is 32.1. The molecule has 1 aromatic heterocycles. The van der Waals surface area contributed by atoms with Crippen molar-refractivity contribution in [3.63, 3.8) is 0 Å². The predicted molar refractivity (Wildman–Crippen MR) is 85.2 cm³/mol. The van der Waals surface area contributed by atoms with Crippen LogP contribution in [-0.2, 0) is 0 Å². The number of thiophene rings is 1. The van der Waals surface area contributed by atoms with Gasteiger partial charge in [-0.2, -0.15) is 0 Å². The van der Waals surface area contributed by atoms with Gasteiger partial charge in [0.15, 0.2) is 0 Å². The second kappa shape index (κ2) is 5.93. The summed E-state index contributed by atoms with van der Waals surface area (Å²) in [6.07, 6.45) is 5.26. The van der Waals surface area contributed by atoms with Crippen LogP contribution in [0.3, 0.4) is 0 Å². The van der Waals surface area contributed by atoms with Crippen molar-refractivity contribution in [1.29, 1.82) is 0 Å². The van der Waals surface area contributed by atoms with Crippen molar-refractivity contribution in [1.82, 2.24) is 5.32 Å². The number of benzene rings is 1. The second-order valence-corrected chi connectivity index (χ2v) is 6.55. The molecule has 1 aliphatic heterocycles. The first-order valence-electron chi connectivity index (χ1n) is 7.28. The van der Waals surface area contributed by atoms with Crippen molar-refractivity contribution < 1.29 is 0 Å². The van der Waals surface area contributed by atoms with Crippen LogP contribution in [0, 0.1) is 0 Å². The first kappa shape index (κ1) is 12.9. The van der Waals surface area contributed by atoms with Gasteiger partial charge in [-0.15, -0.1) is 11.3 Å². The minimum atomic E-state index is 0.520. The van der Waals surface area contributed by atoms with Gasteiger partial charge in [0, 0.05) is 22.5 Å².